The van der Waals surface area contributed by atoms with Gasteiger partial charge in [0.15, 0.2) is 0 Å². The number of aromatic nitrogens is 3. The maximum atomic E-state index is 11.6. The van der Waals surface area contributed by atoms with Gasteiger partial charge in [0.25, 0.3) is 0 Å². The maximum Gasteiger partial charge on any atom is 0.326 e. The second-order valence-electron chi connectivity index (χ2n) is 6.12. The topological polar surface area (TPSA) is 91.5 Å². The molecule has 4 rings (SSSR count). The number of imidazole rings is 1. The first-order chi connectivity index (χ1) is 12.5. The van der Waals surface area contributed by atoms with Crippen LogP contribution in [0.25, 0.3) is 16.6 Å². The van der Waals surface area contributed by atoms with E-state index in [1.165, 1.54) is 0 Å². The van der Waals surface area contributed by atoms with Crippen molar-refractivity contribution in [1.29, 1.82) is 0 Å². The monoisotopic (exact) mass is 392 g/mol. The van der Waals surface area contributed by atoms with Crippen LogP contribution in [-0.4, -0.2) is 49.4 Å². The van der Waals surface area contributed by atoms with Gasteiger partial charge in [-0.05, 0) is 12.1 Å². The van der Waals surface area contributed by atoms with Gasteiger partial charge in [-0.15, -0.1) is 0 Å². The lowest BCUT2D eigenvalue weighted by Crippen LogP contribution is -2.36. The molecule has 3 aromatic rings. The van der Waals surface area contributed by atoms with Crippen molar-refractivity contribution in [2.45, 2.75) is 18.6 Å². The minimum absolute atomic E-state index is 0.138. The summed E-state index contributed by atoms with van der Waals surface area (Å²) in [4.78, 5) is 21.8. The van der Waals surface area contributed by atoms with Crippen molar-refractivity contribution in [3.63, 3.8) is 0 Å². The van der Waals surface area contributed by atoms with E-state index in [2.05, 4.69) is 9.97 Å². The highest BCUT2D eigenvalue weighted by Gasteiger charge is 2.37. The van der Waals surface area contributed by atoms with Gasteiger partial charge in [0.05, 0.1) is 33.7 Å². The number of carbonyl (C=O) groups is 1. The Morgan fingerprint density at radius 3 is 2.81 bits per heavy atom. The normalized spacial score (nSPS) is 20.0. The van der Waals surface area contributed by atoms with E-state index in [1.807, 2.05) is 6.07 Å². The van der Waals surface area contributed by atoms with Gasteiger partial charge in [0.2, 0.25) is 0 Å². The largest absolute Gasteiger partial charge is 0.480 e. The number of benzene rings is 1. The maximum absolute atomic E-state index is 11.6. The summed E-state index contributed by atoms with van der Waals surface area (Å²) in [6.45, 7) is 0.178. The van der Waals surface area contributed by atoms with Crippen LogP contribution in [0.2, 0.25) is 10.0 Å². The number of hydrogen-bond acceptors (Lipinski definition) is 5. The van der Waals surface area contributed by atoms with Crippen molar-refractivity contribution < 1.29 is 15.0 Å². The zero-order valence-electron chi connectivity index (χ0n) is 13.4. The fourth-order valence-corrected chi connectivity index (χ4v) is 3.63. The van der Waals surface area contributed by atoms with Crippen LogP contribution in [0.5, 0.6) is 0 Å². The average molecular weight is 393 g/mol. The van der Waals surface area contributed by atoms with E-state index in [1.54, 1.807) is 40.3 Å². The van der Waals surface area contributed by atoms with Gasteiger partial charge in [-0.3, -0.25) is 0 Å². The summed E-state index contributed by atoms with van der Waals surface area (Å²) in [6.07, 6.45) is 4.45. The first-order valence-corrected chi connectivity index (χ1v) is 8.66. The fraction of sp³-hybridized carbons (Fsp3) is 0.235. The lowest BCUT2D eigenvalue weighted by atomic mass is 10.1. The van der Waals surface area contributed by atoms with Crippen LogP contribution in [0.15, 0.2) is 36.9 Å². The number of carboxylic acid groups (broad SMARTS) is 1. The average Bonchev–Trinajstić information content (AvgIpc) is 3.27. The minimum atomic E-state index is -1.01. The van der Waals surface area contributed by atoms with Crippen LogP contribution in [0.3, 0.4) is 0 Å². The predicted octanol–water partition coefficient (Wildman–Crippen LogP) is 2.75. The highest BCUT2D eigenvalue weighted by atomic mass is 35.5. The Kier molecular flexibility index (Phi) is 4.22. The van der Waals surface area contributed by atoms with E-state index in [9.17, 15) is 15.0 Å². The molecule has 0 spiro atoms. The molecule has 1 aliphatic heterocycles. The Morgan fingerprint density at radius 2 is 2.12 bits per heavy atom. The molecule has 1 aliphatic rings. The Bertz CT molecular complexity index is 993. The van der Waals surface area contributed by atoms with E-state index in [0.717, 1.165) is 11.1 Å². The summed E-state index contributed by atoms with van der Waals surface area (Å²) in [7, 11) is 0. The molecule has 0 amide bonds. The molecule has 0 bridgehead atoms. The third kappa shape index (κ3) is 2.78. The summed E-state index contributed by atoms with van der Waals surface area (Å²) >= 11 is 12.5. The quantitative estimate of drug-likeness (QED) is 0.711. The second-order valence-corrected chi connectivity index (χ2v) is 6.91. The number of halogens is 2. The SMILES string of the molecule is O=C(O)[C@@H]1C[C@@H](O)CN1c1cc(-n2ccnc2)c2ccc(Cl)c(Cl)c2n1. The van der Waals surface area contributed by atoms with Crippen LogP contribution in [0.4, 0.5) is 5.82 Å². The first-order valence-electron chi connectivity index (χ1n) is 7.90. The van der Waals surface area contributed by atoms with E-state index >= 15 is 0 Å². The molecule has 2 N–H and O–H groups in total. The number of aliphatic hydroxyl groups excluding tert-OH is 1. The fourth-order valence-electron chi connectivity index (χ4n) is 3.27. The molecule has 3 heterocycles. The van der Waals surface area contributed by atoms with Gasteiger partial charge < -0.3 is 19.7 Å². The molecule has 0 unspecified atom stereocenters. The number of anilines is 1. The Labute approximate surface area is 158 Å². The van der Waals surface area contributed by atoms with Crippen molar-refractivity contribution >= 4 is 45.9 Å². The van der Waals surface area contributed by atoms with E-state index in [0.29, 0.717) is 21.4 Å². The summed E-state index contributed by atoms with van der Waals surface area (Å²) in [5, 5.41) is 20.8. The third-order valence-corrected chi connectivity index (χ3v) is 5.27. The Balaban J connectivity index is 1.96. The number of rotatable bonds is 3. The number of pyridine rings is 1. The number of carboxylic acids is 1. The van der Waals surface area contributed by atoms with Crippen LogP contribution in [-0.2, 0) is 4.79 Å². The highest BCUT2D eigenvalue weighted by molar-refractivity contribution is 6.45. The molecular formula is C17H14Cl2N4O3. The van der Waals surface area contributed by atoms with Crippen LogP contribution >= 0.6 is 23.2 Å². The Morgan fingerprint density at radius 1 is 1.31 bits per heavy atom. The zero-order valence-corrected chi connectivity index (χ0v) is 14.9. The number of β-amino-alcohol motifs (C(OH)–C–C–N with tert-alkyl or cyclic N) is 1. The van der Waals surface area contributed by atoms with Gasteiger partial charge in [-0.25, -0.2) is 14.8 Å². The second kappa shape index (κ2) is 6.42. The van der Waals surface area contributed by atoms with Gasteiger partial charge in [0, 0.05) is 36.8 Å². The summed E-state index contributed by atoms with van der Waals surface area (Å²) in [6, 6.07) is 4.41. The molecule has 0 saturated carbocycles. The lowest BCUT2D eigenvalue weighted by molar-refractivity contribution is -0.138. The third-order valence-electron chi connectivity index (χ3n) is 4.48. The zero-order chi connectivity index (χ0) is 18.4. The molecule has 0 radical (unpaired) electrons. The van der Waals surface area contributed by atoms with Crippen molar-refractivity contribution in [3.8, 4) is 5.69 Å². The number of fused-ring (bicyclic) bond motifs is 1. The van der Waals surface area contributed by atoms with Gasteiger partial charge >= 0.3 is 5.97 Å². The van der Waals surface area contributed by atoms with E-state index in [-0.39, 0.29) is 13.0 Å². The number of hydrogen-bond donors (Lipinski definition) is 2. The molecule has 1 aromatic carbocycles. The molecule has 2 atom stereocenters. The summed E-state index contributed by atoms with van der Waals surface area (Å²) in [5.41, 5.74) is 1.21. The van der Waals surface area contributed by atoms with Crippen LogP contribution in [0.1, 0.15) is 6.42 Å². The number of aliphatic hydroxyl groups is 1. The lowest BCUT2D eigenvalue weighted by Gasteiger charge is -2.24. The highest BCUT2D eigenvalue weighted by Crippen LogP contribution is 2.36. The molecular weight excluding hydrogens is 379 g/mol. The first kappa shape index (κ1) is 17.1. The molecule has 7 nitrogen and oxygen atoms in total. The molecule has 2 aromatic heterocycles. The predicted molar refractivity (Wildman–Crippen MR) is 98.3 cm³/mol. The number of nitrogens with zero attached hydrogens (tertiary/aromatic N) is 4. The van der Waals surface area contributed by atoms with Crippen molar-refractivity contribution in [2.24, 2.45) is 0 Å². The standard InChI is InChI=1S/C17H14Cl2N4O3/c18-11-2-1-10-12(22-4-3-20-8-22)6-14(21-16(10)15(11)19)23-7-9(24)5-13(23)17(25)26/h1-4,6,8-9,13,24H,5,7H2,(H,25,26)/t9-,13+/m1/s1. The molecule has 26 heavy (non-hydrogen) atoms. The Hall–Kier alpha value is -2.35. The van der Waals surface area contributed by atoms with E-state index in [4.69, 9.17) is 23.2 Å². The molecule has 0 aliphatic carbocycles. The smallest absolute Gasteiger partial charge is 0.326 e. The summed E-state index contributed by atoms with van der Waals surface area (Å²) in [5.74, 6) is -0.598. The van der Waals surface area contributed by atoms with Crippen molar-refractivity contribution in [1.82, 2.24) is 14.5 Å². The molecule has 1 saturated heterocycles. The number of aliphatic carboxylic acids is 1. The van der Waals surface area contributed by atoms with Gasteiger partial charge in [-0.2, -0.15) is 0 Å². The van der Waals surface area contributed by atoms with Crippen molar-refractivity contribution in [3.05, 3.63) is 47.0 Å². The molecule has 9 heteroatoms. The van der Waals surface area contributed by atoms with Crippen molar-refractivity contribution in [2.75, 3.05) is 11.4 Å². The molecule has 134 valence electrons. The van der Waals surface area contributed by atoms with Gasteiger partial charge in [-0.1, -0.05) is 23.2 Å². The van der Waals surface area contributed by atoms with Crippen LogP contribution in [0, 0.1) is 0 Å². The molecule has 1 fully saturated rings. The van der Waals surface area contributed by atoms with E-state index < -0.39 is 18.1 Å². The minimum Gasteiger partial charge on any atom is -0.480 e. The van der Waals surface area contributed by atoms with Gasteiger partial charge in [0.1, 0.15) is 11.9 Å². The van der Waals surface area contributed by atoms with Crippen LogP contribution < -0.4 is 4.90 Å². The summed E-state index contributed by atoms with van der Waals surface area (Å²) < 4.78 is 1.79.